The number of ether oxygens (including phenoxy) is 3. The van der Waals surface area contributed by atoms with Gasteiger partial charge >= 0.3 is 6.03 Å². The molecular weight excluding hydrogens is 342 g/mol. The van der Waals surface area contributed by atoms with Gasteiger partial charge in [0.05, 0.1) is 14.2 Å². The van der Waals surface area contributed by atoms with E-state index in [0.29, 0.717) is 43.2 Å². The lowest BCUT2D eigenvalue weighted by atomic mass is 9.90. The van der Waals surface area contributed by atoms with Gasteiger partial charge < -0.3 is 24.8 Å². The van der Waals surface area contributed by atoms with Crippen LogP contribution in [0.3, 0.4) is 0 Å². The van der Waals surface area contributed by atoms with Crippen LogP contribution in [-0.2, 0) is 14.3 Å². The third kappa shape index (κ3) is 3.30. The summed E-state index contributed by atoms with van der Waals surface area (Å²) in [5, 5.41) is 5.37. The van der Waals surface area contributed by atoms with E-state index in [2.05, 4.69) is 10.6 Å². The minimum Gasteiger partial charge on any atom is -0.493 e. The number of urea groups is 1. The number of nitrogens with one attached hydrogen (secondary N) is 2. The third-order valence-corrected chi connectivity index (χ3v) is 4.56. The SMILES string of the molecule is COc1ccc(NC(=O)CN2C(=O)NC3(CCOCC3)C2=O)cc1OC. The number of hydrogen-bond donors (Lipinski definition) is 2. The van der Waals surface area contributed by atoms with E-state index in [4.69, 9.17) is 14.2 Å². The first kappa shape index (κ1) is 18.0. The van der Waals surface area contributed by atoms with Gasteiger partial charge in [0.1, 0.15) is 12.1 Å². The molecule has 2 aliphatic rings. The van der Waals surface area contributed by atoms with Crippen LogP contribution in [0.25, 0.3) is 0 Å². The van der Waals surface area contributed by atoms with E-state index in [1.807, 2.05) is 0 Å². The predicted molar refractivity (Wildman–Crippen MR) is 91.2 cm³/mol. The lowest BCUT2D eigenvalue weighted by Gasteiger charge is -2.30. The number of methoxy groups -OCH3 is 2. The molecular formula is C17H21N3O6. The Bertz CT molecular complexity index is 729. The zero-order chi connectivity index (χ0) is 18.7. The second-order valence-electron chi connectivity index (χ2n) is 6.13. The van der Waals surface area contributed by atoms with Crippen molar-refractivity contribution < 1.29 is 28.6 Å². The van der Waals surface area contributed by atoms with Crippen LogP contribution >= 0.6 is 0 Å². The Morgan fingerprint density at radius 2 is 1.92 bits per heavy atom. The first-order valence-corrected chi connectivity index (χ1v) is 8.23. The molecule has 2 heterocycles. The van der Waals surface area contributed by atoms with Gasteiger partial charge in [0.15, 0.2) is 11.5 Å². The topological polar surface area (TPSA) is 106 Å². The van der Waals surface area contributed by atoms with Crippen molar-refractivity contribution in [2.75, 3.05) is 39.3 Å². The molecule has 0 atom stereocenters. The van der Waals surface area contributed by atoms with Crippen molar-refractivity contribution >= 4 is 23.5 Å². The molecule has 1 aromatic rings. The summed E-state index contributed by atoms with van der Waals surface area (Å²) >= 11 is 0. The first-order valence-electron chi connectivity index (χ1n) is 8.23. The molecule has 2 fully saturated rings. The smallest absolute Gasteiger partial charge is 0.325 e. The highest BCUT2D eigenvalue weighted by Crippen LogP contribution is 2.30. The highest BCUT2D eigenvalue weighted by molar-refractivity contribution is 6.10. The molecule has 0 aliphatic carbocycles. The quantitative estimate of drug-likeness (QED) is 0.748. The molecule has 0 saturated carbocycles. The molecule has 26 heavy (non-hydrogen) atoms. The molecule has 2 N–H and O–H groups in total. The van der Waals surface area contributed by atoms with Crippen molar-refractivity contribution in [1.29, 1.82) is 0 Å². The van der Waals surface area contributed by atoms with Crippen molar-refractivity contribution in [3.8, 4) is 11.5 Å². The molecule has 9 nitrogen and oxygen atoms in total. The van der Waals surface area contributed by atoms with Gasteiger partial charge in [-0.3, -0.25) is 14.5 Å². The van der Waals surface area contributed by atoms with Crippen LogP contribution in [0.2, 0.25) is 0 Å². The Morgan fingerprint density at radius 1 is 1.23 bits per heavy atom. The largest absolute Gasteiger partial charge is 0.493 e. The maximum atomic E-state index is 12.6. The van der Waals surface area contributed by atoms with Crippen LogP contribution in [0, 0.1) is 0 Å². The molecule has 0 bridgehead atoms. The van der Waals surface area contributed by atoms with E-state index in [1.165, 1.54) is 14.2 Å². The molecule has 3 rings (SSSR count). The summed E-state index contributed by atoms with van der Waals surface area (Å²) in [5.74, 6) is 0.126. The number of carbonyl (C=O) groups excluding carboxylic acids is 3. The molecule has 0 unspecified atom stereocenters. The van der Waals surface area contributed by atoms with Crippen molar-refractivity contribution in [1.82, 2.24) is 10.2 Å². The van der Waals surface area contributed by atoms with Gasteiger partial charge in [-0.2, -0.15) is 0 Å². The van der Waals surface area contributed by atoms with Crippen molar-refractivity contribution in [3.05, 3.63) is 18.2 Å². The molecule has 140 valence electrons. The molecule has 1 aromatic carbocycles. The van der Waals surface area contributed by atoms with Gasteiger partial charge in [-0.15, -0.1) is 0 Å². The summed E-state index contributed by atoms with van der Waals surface area (Å²) in [6, 6.07) is 4.34. The highest BCUT2D eigenvalue weighted by Gasteiger charge is 2.52. The molecule has 9 heteroatoms. The van der Waals surface area contributed by atoms with Crippen molar-refractivity contribution in [2.24, 2.45) is 0 Å². The Hall–Kier alpha value is -2.81. The maximum absolute atomic E-state index is 12.6. The average Bonchev–Trinajstić information content (AvgIpc) is 2.86. The zero-order valence-corrected chi connectivity index (χ0v) is 14.7. The Morgan fingerprint density at radius 3 is 2.58 bits per heavy atom. The number of imide groups is 1. The minimum absolute atomic E-state index is 0.360. The summed E-state index contributed by atoms with van der Waals surface area (Å²) in [6.45, 7) is 0.441. The summed E-state index contributed by atoms with van der Waals surface area (Å²) in [7, 11) is 3.00. The fraction of sp³-hybridized carbons (Fsp3) is 0.471. The summed E-state index contributed by atoms with van der Waals surface area (Å²) in [5.41, 5.74) is -0.473. The highest BCUT2D eigenvalue weighted by atomic mass is 16.5. The van der Waals surface area contributed by atoms with Crippen LogP contribution in [0.5, 0.6) is 11.5 Å². The Labute approximate surface area is 150 Å². The monoisotopic (exact) mass is 363 g/mol. The zero-order valence-electron chi connectivity index (χ0n) is 14.7. The summed E-state index contributed by atoms with van der Waals surface area (Å²) < 4.78 is 15.6. The van der Waals surface area contributed by atoms with Gasteiger partial charge in [0.25, 0.3) is 5.91 Å². The Balaban J connectivity index is 1.66. The molecule has 4 amide bonds. The number of rotatable bonds is 5. The fourth-order valence-corrected chi connectivity index (χ4v) is 3.14. The predicted octanol–water partition coefficient (Wildman–Crippen LogP) is 0.743. The van der Waals surface area contributed by atoms with E-state index in [-0.39, 0.29) is 12.5 Å². The standard InChI is InChI=1S/C17H21N3O6/c1-24-12-4-3-11(9-13(12)25-2)18-14(21)10-20-15(22)17(19-16(20)23)5-7-26-8-6-17/h3-4,9H,5-8,10H2,1-2H3,(H,18,21)(H,19,23). The molecule has 2 saturated heterocycles. The van der Waals surface area contributed by atoms with Gasteiger partial charge in [-0.25, -0.2) is 4.79 Å². The van der Waals surface area contributed by atoms with Crippen LogP contribution in [-0.4, -0.2) is 62.3 Å². The maximum Gasteiger partial charge on any atom is 0.325 e. The normalized spacial score (nSPS) is 18.6. The molecule has 0 radical (unpaired) electrons. The molecule has 1 spiro atoms. The van der Waals surface area contributed by atoms with Gasteiger partial charge in [-0.1, -0.05) is 0 Å². The van der Waals surface area contributed by atoms with Gasteiger partial charge in [-0.05, 0) is 12.1 Å². The second-order valence-corrected chi connectivity index (χ2v) is 6.13. The second kappa shape index (κ2) is 7.20. The van der Waals surface area contributed by atoms with Crippen LogP contribution in [0.4, 0.5) is 10.5 Å². The Kier molecular flexibility index (Phi) is 4.99. The van der Waals surface area contributed by atoms with Gasteiger partial charge in [0, 0.05) is 37.8 Å². The van der Waals surface area contributed by atoms with E-state index in [9.17, 15) is 14.4 Å². The van der Waals surface area contributed by atoms with E-state index in [1.54, 1.807) is 18.2 Å². The summed E-state index contributed by atoms with van der Waals surface area (Å²) in [6.07, 6.45) is 0.816. The average molecular weight is 363 g/mol. The van der Waals surface area contributed by atoms with Crippen molar-refractivity contribution in [2.45, 2.75) is 18.4 Å². The van der Waals surface area contributed by atoms with Crippen LogP contribution in [0.15, 0.2) is 18.2 Å². The fourth-order valence-electron chi connectivity index (χ4n) is 3.14. The number of nitrogens with zero attached hydrogens (tertiary/aromatic N) is 1. The van der Waals surface area contributed by atoms with E-state index >= 15 is 0 Å². The first-order chi connectivity index (χ1) is 12.5. The number of anilines is 1. The van der Waals surface area contributed by atoms with E-state index < -0.39 is 17.5 Å². The van der Waals surface area contributed by atoms with Crippen LogP contribution in [0.1, 0.15) is 12.8 Å². The number of amides is 4. The van der Waals surface area contributed by atoms with Crippen LogP contribution < -0.4 is 20.1 Å². The van der Waals surface area contributed by atoms with Crippen molar-refractivity contribution in [3.63, 3.8) is 0 Å². The molecule has 0 aromatic heterocycles. The lowest BCUT2D eigenvalue weighted by Crippen LogP contribution is -2.51. The van der Waals surface area contributed by atoms with Gasteiger partial charge in [0.2, 0.25) is 5.91 Å². The number of carbonyl (C=O) groups is 3. The summed E-state index contributed by atoms with van der Waals surface area (Å²) in [4.78, 5) is 38.1. The third-order valence-electron chi connectivity index (χ3n) is 4.56. The number of hydrogen-bond acceptors (Lipinski definition) is 6. The lowest BCUT2D eigenvalue weighted by molar-refractivity contribution is -0.136. The number of benzene rings is 1. The molecule has 2 aliphatic heterocycles. The van der Waals surface area contributed by atoms with E-state index in [0.717, 1.165) is 4.90 Å². The minimum atomic E-state index is -0.945.